The molecule has 0 aromatic carbocycles. The molecule has 0 bridgehead atoms. The fourth-order valence-corrected chi connectivity index (χ4v) is 3.70. The molecule has 112 valence electrons. The molecule has 3 aromatic rings. The molecule has 0 radical (unpaired) electrons. The number of carbonyl (C=O) groups excluding carboxylic acids is 1. The van der Waals surface area contributed by atoms with Gasteiger partial charge in [-0.25, -0.2) is 9.97 Å². The highest BCUT2D eigenvalue weighted by atomic mass is 32.1. The predicted molar refractivity (Wildman–Crippen MR) is 83.9 cm³/mol. The lowest BCUT2D eigenvalue weighted by Gasteiger charge is -2.32. The maximum absolute atomic E-state index is 12.5. The van der Waals surface area contributed by atoms with Gasteiger partial charge in [0, 0.05) is 31.4 Å². The molecule has 1 fully saturated rings. The van der Waals surface area contributed by atoms with Crippen molar-refractivity contribution < 1.29 is 4.79 Å². The molecule has 0 saturated carbocycles. The van der Waals surface area contributed by atoms with E-state index in [-0.39, 0.29) is 11.8 Å². The molecule has 4 rings (SSSR count). The number of rotatable bonds is 2. The monoisotopic (exact) mass is 313 g/mol. The van der Waals surface area contributed by atoms with Gasteiger partial charge in [-0.05, 0) is 24.3 Å². The van der Waals surface area contributed by atoms with Crippen molar-refractivity contribution in [3.8, 4) is 0 Å². The Morgan fingerprint density at radius 3 is 3.14 bits per heavy atom. The van der Waals surface area contributed by atoms with Crippen LogP contribution in [-0.4, -0.2) is 44.1 Å². The lowest BCUT2D eigenvalue weighted by molar-refractivity contribution is 0.0711. The van der Waals surface area contributed by atoms with E-state index in [0.29, 0.717) is 12.2 Å². The number of fused-ring (bicyclic) bond motifs is 1. The Hall–Kier alpha value is -2.28. The Labute approximate surface area is 131 Å². The Morgan fingerprint density at radius 1 is 1.36 bits per heavy atom. The van der Waals surface area contributed by atoms with Crippen molar-refractivity contribution in [3.05, 3.63) is 40.5 Å². The summed E-state index contributed by atoms with van der Waals surface area (Å²) in [4.78, 5) is 23.8. The summed E-state index contributed by atoms with van der Waals surface area (Å²) in [5, 5.41) is 9.22. The summed E-state index contributed by atoms with van der Waals surface area (Å²) in [6, 6.07) is 3.80. The fraction of sp³-hybridized carbons (Fsp3) is 0.333. The van der Waals surface area contributed by atoms with Gasteiger partial charge in [-0.1, -0.05) is 6.07 Å². The number of carbonyl (C=O) groups is 1. The molecule has 3 aromatic heterocycles. The van der Waals surface area contributed by atoms with Crippen LogP contribution in [0.1, 0.15) is 34.1 Å². The maximum atomic E-state index is 12.5. The summed E-state index contributed by atoms with van der Waals surface area (Å²) < 4.78 is 0. The topological polar surface area (TPSA) is 74.8 Å². The zero-order valence-corrected chi connectivity index (χ0v) is 12.7. The molecular weight excluding hydrogens is 298 g/mol. The number of hydrogen-bond donors (Lipinski definition) is 1. The first-order valence-electron chi connectivity index (χ1n) is 7.30. The van der Waals surface area contributed by atoms with Crippen molar-refractivity contribution in [3.63, 3.8) is 0 Å². The van der Waals surface area contributed by atoms with E-state index in [0.717, 1.165) is 35.5 Å². The number of piperidine rings is 1. The number of nitrogens with one attached hydrogen (secondary N) is 1. The van der Waals surface area contributed by atoms with Crippen LogP contribution in [0.15, 0.2) is 29.9 Å². The van der Waals surface area contributed by atoms with Crippen molar-refractivity contribution in [2.24, 2.45) is 0 Å². The van der Waals surface area contributed by atoms with E-state index in [4.69, 9.17) is 0 Å². The average molecular weight is 313 g/mol. The van der Waals surface area contributed by atoms with Gasteiger partial charge >= 0.3 is 0 Å². The second-order valence-corrected chi connectivity index (χ2v) is 6.38. The van der Waals surface area contributed by atoms with Crippen LogP contribution in [0.2, 0.25) is 0 Å². The molecule has 1 aliphatic rings. The van der Waals surface area contributed by atoms with Crippen molar-refractivity contribution >= 4 is 28.4 Å². The van der Waals surface area contributed by atoms with Gasteiger partial charge in [-0.15, -0.1) is 11.3 Å². The van der Waals surface area contributed by atoms with Gasteiger partial charge in [0.1, 0.15) is 5.52 Å². The Bertz CT molecular complexity index is 797. The van der Waals surface area contributed by atoms with Gasteiger partial charge in [0.05, 0.1) is 10.6 Å². The molecule has 1 aliphatic heterocycles. The molecule has 1 saturated heterocycles. The molecule has 6 nitrogen and oxygen atoms in total. The van der Waals surface area contributed by atoms with Gasteiger partial charge in [-0.2, -0.15) is 5.10 Å². The zero-order chi connectivity index (χ0) is 14.9. The first-order valence-corrected chi connectivity index (χ1v) is 8.18. The predicted octanol–water partition coefficient (Wildman–Crippen LogP) is 2.43. The number of amides is 1. The summed E-state index contributed by atoms with van der Waals surface area (Å²) in [5.74, 6) is 0.356. The van der Waals surface area contributed by atoms with E-state index in [1.807, 2.05) is 22.4 Å². The molecular formula is C15H15N5OS. The van der Waals surface area contributed by atoms with Gasteiger partial charge in [0.2, 0.25) is 0 Å². The summed E-state index contributed by atoms with van der Waals surface area (Å²) >= 11 is 1.49. The van der Waals surface area contributed by atoms with Crippen LogP contribution in [0.3, 0.4) is 0 Å². The molecule has 1 atom stereocenters. The minimum absolute atomic E-state index is 0.120. The fourth-order valence-electron chi connectivity index (χ4n) is 3.01. The first kappa shape index (κ1) is 13.4. The van der Waals surface area contributed by atoms with Gasteiger partial charge in [0.15, 0.2) is 5.65 Å². The highest BCUT2D eigenvalue weighted by Gasteiger charge is 2.28. The van der Waals surface area contributed by atoms with E-state index in [2.05, 4.69) is 20.2 Å². The number of thiophene rings is 1. The number of nitrogens with zero attached hydrogens (tertiary/aromatic N) is 4. The molecule has 0 spiro atoms. The van der Waals surface area contributed by atoms with Crippen LogP contribution in [-0.2, 0) is 0 Å². The van der Waals surface area contributed by atoms with Crippen LogP contribution in [0, 0.1) is 0 Å². The summed E-state index contributed by atoms with van der Waals surface area (Å²) in [7, 11) is 0. The SMILES string of the molecule is O=C(c1cccs1)N1CCCC(c2[nH]nc3nccnc23)C1. The maximum Gasteiger partial charge on any atom is 0.263 e. The van der Waals surface area contributed by atoms with Gasteiger partial charge in [-0.3, -0.25) is 9.89 Å². The van der Waals surface area contributed by atoms with Crippen LogP contribution in [0.25, 0.3) is 11.2 Å². The van der Waals surface area contributed by atoms with Crippen molar-refractivity contribution in [1.82, 2.24) is 25.1 Å². The van der Waals surface area contributed by atoms with Crippen LogP contribution >= 0.6 is 11.3 Å². The third-order valence-electron chi connectivity index (χ3n) is 4.07. The smallest absolute Gasteiger partial charge is 0.263 e. The largest absolute Gasteiger partial charge is 0.337 e. The molecule has 7 heteroatoms. The molecule has 0 aliphatic carbocycles. The number of H-pyrrole nitrogens is 1. The lowest BCUT2D eigenvalue weighted by Crippen LogP contribution is -2.38. The third-order valence-corrected chi connectivity index (χ3v) is 4.92. The Morgan fingerprint density at radius 2 is 2.27 bits per heavy atom. The zero-order valence-electron chi connectivity index (χ0n) is 11.9. The Kier molecular flexibility index (Phi) is 3.34. The Balaban J connectivity index is 1.60. The van der Waals surface area contributed by atoms with Crippen LogP contribution in [0.5, 0.6) is 0 Å². The number of likely N-dealkylation sites (tertiary alicyclic amines) is 1. The minimum atomic E-state index is 0.120. The van der Waals surface area contributed by atoms with Gasteiger partial charge < -0.3 is 4.90 Å². The molecule has 1 amide bonds. The summed E-state index contributed by atoms with van der Waals surface area (Å²) in [5.41, 5.74) is 2.45. The summed E-state index contributed by atoms with van der Waals surface area (Å²) in [6.07, 6.45) is 5.34. The third kappa shape index (κ3) is 2.27. The number of aromatic amines is 1. The summed E-state index contributed by atoms with van der Waals surface area (Å²) in [6.45, 7) is 1.51. The van der Waals surface area contributed by atoms with Crippen molar-refractivity contribution in [2.45, 2.75) is 18.8 Å². The molecule has 22 heavy (non-hydrogen) atoms. The number of aromatic nitrogens is 4. The van der Waals surface area contributed by atoms with E-state index < -0.39 is 0 Å². The lowest BCUT2D eigenvalue weighted by atomic mass is 9.94. The normalized spacial score (nSPS) is 18.7. The standard InChI is InChI=1S/C15H15N5OS/c21-15(11-4-2-8-22-11)20-7-1-3-10(9-20)12-13-14(19-18-12)17-6-5-16-13/h2,4-6,8,10H,1,3,7,9H2,(H,17,18,19). The highest BCUT2D eigenvalue weighted by Crippen LogP contribution is 2.30. The number of hydrogen-bond acceptors (Lipinski definition) is 5. The second kappa shape index (κ2) is 5.49. The van der Waals surface area contributed by atoms with E-state index in [9.17, 15) is 4.79 Å². The van der Waals surface area contributed by atoms with Crippen molar-refractivity contribution in [1.29, 1.82) is 0 Å². The van der Waals surface area contributed by atoms with E-state index >= 15 is 0 Å². The average Bonchev–Trinajstić information content (AvgIpc) is 3.24. The highest BCUT2D eigenvalue weighted by molar-refractivity contribution is 7.12. The van der Waals surface area contributed by atoms with E-state index in [1.165, 1.54) is 11.3 Å². The first-order chi connectivity index (χ1) is 10.8. The van der Waals surface area contributed by atoms with Gasteiger partial charge in [0.25, 0.3) is 5.91 Å². The minimum Gasteiger partial charge on any atom is -0.337 e. The molecule has 1 N–H and O–H groups in total. The molecule has 1 unspecified atom stereocenters. The quantitative estimate of drug-likeness (QED) is 0.788. The van der Waals surface area contributed by atoms with E-state index in [1.54, 1.807) is 12.4 Å². The molecule has 4 heterocycles. The van der Waals surface area contributed by atoms with Crippen LogP contribution < -0.4 is 0 Å². The second-order valence-electron chi connectivity index (χ2n) is 5.43. The van der Waals surface area contributed by atoms with Crippen molar-refractivity contribution in [2.75, 3.05) is 13.1 Å². The van der Waals surface area contributed by atoms with Crippen LogP contribution in [0.4, 0.5) is 0 Å².